The van der Waals surface area contributed by atoms with Crippen molar-refractivity contribution in [2.24, 2.45) is 5.92 Å². The molecule has 3 aromatic rings. The van der Waals surface area contributed by atoms with Gasteiger partial charge in [0.1, 0.15) is 0 Å². The molecule has 26 heavy (non-hydrogen) atoms. The monoisotopic (exact) mass is 356 g/mol. The van der Waals surface area contributed by atoms with E-state index in [0.717, 1.165) is 25.9 Å². The Morgan fingerprint density at radius 2 is 2.35 bits per heavy atom. The molecule has 0 spiro atoms. The van der Waals surface area contributed by atoms with E-state index in [0.29, 0.717) is 36.0 Å². The Morgan fingerprint density at radius 1 is 1.42 bits per heavy atom. The Balaban J connectivity index is 1.37. The zero-order chi connectivity index (χ0) is 17.9. The van der Waals surface area contributed by atoms with Crippen molar-refractivity contribution in [2.45, 2.75) is 25.8 Å². The van der Waals surface area contributed by atoms with Crippen molar-refractivity contribution in [3.05, 3.63) is 30.5 Å². The van der Waals surface area contributed by atoms with Crippen LogP contribution in [0.15, 0.2) is 33.7 Å². The van der Waals surface area contributed by atoms with Crippen LogP contribution in [0, 0.1) is 5.92 Å². The van der Waals surface area contributed by atoms with E-state index in [2.05, 4.69) is 25.0 Å². The molecule has 3 aromatic heterocycles. The Labute approximate surface area is 150 Å². The number of amides is 1. The second kappa shape index (κ2) is 7.11. The third kappa shape index (κ3) is 3.51. The van der Waals surface area contributed by atoms with Gasteiger partial charge in [0.25, 0.3) is 6.01 Å². The molecular weight excluding hydrogens is 336 g/mol. The highest BCUT2D eigenvalue weighted by atomic mass is 16.5. The Kier molecular flexibility index (Phi) is 4.51. The molecule has 0 saturated carbocycles. The second-order valence-electron chi connectivity index (χ2n) is 6.58. The lowest BCUT2D eigenvalue weighted by atomic mass is 9.94. The summed E-state index contributed by atoms with van der Waals surface area (Å²) in [6.45, 7) is 1.97. The fourth-order valence-electron chi connectivity index (χ4n) is 3.26. The molecule has 1 unspecified atom stereocenters. The molecule has 0 bridgehead atoms. The van der Waals surface area contributed by atoms with E-state index in [9.17, 15) is 4.79 Å². The summed E-state index contributed by atoms with van der Waals surface area (Å²) in [4.78, 5) is 28.8. The number of fused-ring (bicyclic) bond motifs is 1. The summed E-state index contributed by atoms with van der Waals surface area (Å²) < 4.78 is 10.5. The molecule has 1 atom stereocenters. The first kappa shape index (κ1) is 16.5. The minimum absolute atomic E-state index is 0.0703. The van der Waals surface area contributed by atoms with Crippen molar-refractivity contribution in [3.63, 3.8) is 0 Å². The Bertz CT molecular complexity index is 845. The van der Waals surface area contributed by atoms with Crippen LogP contribution in [0.25, 0.3) is 11.2 Å². The van der Waals surface area contributed by atoms with Crippen LogP contribution in [-0.2, 0) is 11.3 Å². The molecule has 1 aliphatic rings. The maximum atomic E-state index is 12.5. The molecule has 0 aliphatic carbocycles. The number of carbonyl (C=O) groups excluding carboxylic acids is 1. The first-order chi connectivity index (χ1) is 12.7. The average Bonchev–Trinajstić information content (AvgIpc) is 3.31. The molecular formula is C17H20N6O3. The fourth-order valence-corrected chi connectivity index (χ4v) is 3.26. The van der Waals surface area contributed by atoms with Crippen molar-refractivity contribution in [1.82, 2.24) is 25.0 Å². The molecule has 1 saturated heterocycles. The zero-order valence-corrected chi connectivity index (χ0v) is 14.5. The zero-order valence-electron chi connectivity index (χ0n) is 14.5. The number of hydrogen-bond acceptors (Lipinski definition) is 8. The molecule has 0 aromatic carbocycles. The van der Waals surface area contributed by atoms with Gasteiger partial charge in [-0.25, -0.2) is 4.98 Å². The summed E-state index contributed by atoms with van der Waals surface area (Å²) in [7, 11) is 1.76. The van der Waals surface area contributed by atoms with E-state index in [1.165, 1.54) is 6.39 Å². The van der Waals surface area contributed by atoms with E-state index in [4.69, 9.17) is 8.94 Å². The van der Waals surface area contributed by atoms with Crippen LogP contribution in [-0.4, -0.2) is 51.1 Å². The quantitative estimate of drug-likeness (QED) is 0.683. The minimum atomic E-state index is 0.0703. The highest BCUT2D eigenvalue weighted by Crippen LogP contribution is 2.27. The fraction of sp³-hybridized carbons (Fsp3) is 0.471. The van der Waals surface area contributed by atoms with Crippen LogP contribution in [0.3, 0.4) is 0 Å². The van der Waals surface area contributed by atoms with Gasteiger partial charge in [-0.1, -0.05) is 5.16 Å². The van der Waals surface area contributed by atoms with Gasteiger partial charge in [-0.2, -0.15) is 9.97 Å². The van der Waals surface area contributed by atoms with Crippen molar-refractivity contribution in [2.75, 3.05) is 25.0 Å². The van der Waals surface area contributed by atoms with E-state index in [1.54, 1.807) is 18.1 Å². The lowest BCUT2D eigenvalue weighted by Crippen LogP contribution is -2.38. The number of rotatable bonds is 5. The first-order valence-corrected chi connectivity index (χ1v) is 8.65. The molecule has 0 radical (unpaired) electrons. The van der Waals surface area contributed by atoms with Gasteiger partial charge in [-0.15, -0.1) is 0 Å². The van der Waals surface area contributed by atoms with Gasteiger partial charge >= 0.3 is 0 Å². The third-order valence-electron chi connectivity index (χ3n) is 4.62. The lowest BCUT2D eigenvalue weighted by Gasteiger charge is -2.32. The number of pyridine rings is 1. The van der Waals surface area contributed by atoms with Crippen molar-refractivity contribution in [3.8, 4) is 0 Å². The molecule has 1 fully saturated rings. The largest absolute Gasteiger partial charge is 0.422 e. The van der Waals surface area contributed by atoms with Gasteiger partial charge in [0.2, 0.25) is 17.9 Å². The molecule has 4 rings (SSSR count). The number of piperidine rings is 1. The van der Waals surface area contributed by atoms with Crippen LogP contribution in [0.4, 0.5) is 6.01 Å². The van der Waals surface area contributed by atoms with Crippen molar-refractivity contribution in [1.29, 1.82) is 0 Å². The highest BCUT2D eigenvalue weighted by Gasteiger charge is 2.26. The molecule has 4 heterocycles. The van der Waals surface area contributed by atoms with Crippen LogP contribution < -0.4 is 4.90 Å². The lowest BCUT2D eigenvalue weighted by molar-refractivity contribution is -0.131. The number of hydrogen-bond donors (Lipinski definition) is 0. The molecule has 9 heteroatoms. The number of anilines is 1. The molecule has 1 amide bonds. The second-order valence-corrected chi connectivity index (χ2v) is 6.58. The predicted molar refractivity (Wildman–Crippen MR) is 92.1 cm³/mol. The number of carbonyl (C=O) groups is 1. The molecule has 1 aliphatic heterocycles. The van der Waals surface area contributed by atoms with Crippen LogP contribution >= 0.6 is 0 Å². The molecule has 136 valence electrons. The number of oxazole rings is 1. The third-order valence-corrected chi connectivity index (χ3v) is 4.62. The van der Waals surface area contributed by atoms with Gasteiger partial charge < -0.3 is 18.7 Å². The topological polar surface area (TPSA) is 101 Å². The van der Waals surface area contributed by atoms with E-state index < -0.39 is 0 Å². The molecule has 0 N–H and O–H groups in total. The predicted octanol–water partition coefficient (Wildman–Crippen LogP) is 1.87. The summed E-state index contributed by atoms with van der Waals surface area (Å²) in [6.07, 6.45) is 5.45. The van der Waals surface area contributed by atoms with Crippen LogP contribution in [0.5, 0.6) is 0 Å². The van der Waals surface area contributed by atoms with Crippen molar-refractivity contribution >= 4 is 23.2 Å². The minimum Gasteiger partial charge on any atom is -0.422 e. The summed E-state index contributed by atoms with van der Waals surface area (Å²) >= 11 is 0. The van der Waals surface area contributed by atoms with Crippen LogP contribution in [0.2, 0.25) is 0 Å². The highest BCUT2D eigenvalue weighted by molar-refractivity contribution is 5.76. The van der Waals surface area contributed by atoms with E-state index >= 15 is 0 Å². The van der Waals surface area contributed by atoms with Gasteiger partial charge in [-0.05, 0) is 30.9 Å². The maximum Gasteiger partial charge on any atom is 0.299 e. The first-order valence-electron chi connectivity index (χ1n) is 8.65. The smallest absolute Gasteiger partial charge is 0.299 e. The van der Waals surface area contributed by atoms with E-state index in [1.807, 2.05) is 12.1 Å². The normalized spacial score (nSPS) is 17.6. The van der Waals surface area contributed by atoms with Gasteiger partial charge in [0, 0.05) is 32.8 Å². The average molecular weight is 356 g/mol. The van der Waals surface area contributed by atoms with E-state index in [-0.39, 0.29) is 11.8 Å². The Morgan fingerprint density at radius 3 is 3.15 bits per heavy atom. The van der Waals surface area contributed by atoms with Crippen molar-refractivity contribution < 1.29 is 13.7 Å². The maximum absolute atomic E-state index is 12.5. The standard InChI is InChI=1S/C17H20N6O3/c1-22(10-14-19-11-25-21-14)15(24)8-12-4-3-7-23(9-12)17-20-16-13(26-17)5-2-6-18-16/h2,5-6,11-12H,3-4,7-10H2,1H3. The summed E-state index contributed by atoms with van der Waals surface area (Å²) in [5, 5.41) is 3.74. The molecule has 9 nitrogen and oxygen atoms in total. The summed E-state index contributed by atoms with van der Waals surface area (Å²) in [6, 6.07) is 4.27. The van der Waals surface area contributed by atoms with Crippen LogP contribution in [0.1, 0.15) is 25.1 Å². The summed E-state index contributed by atoms with van der Waals surface area (Å²) in [5.41, 5.74) is 1.29. The van der Waals surface area contributed by atoms with Gasteiger partial charge in [0.05, 0.1) is 6.54 Å². The van der Waals surface area contributed by atoms with Gasteiger partial charge in [0.15, 0.2) is 11.4 Å². The summed E-state index contributed by atoms with van der Waals surface area (Å²) in [5.74, 6) is 0.831. The number of nitrogens with zero attached hydrogens (tertiary/aromatic N) is 6. The SMILES string of the molecule is CN(Cc1ncon1)C(=O)CC1CCCN(c2nc3ncccc3o2)C1. The van der Waals surface area contributed by atoms with Gasteiger partial charge in [-0.3, -0.25) is 4.79 Å². The Hall–Kier alpha value is -2.97. The number of aromatic nitrogens is 4.